The fourth-order valence-electron chi connectivity index (χ4n) is 2.29. The van der Waals surface area contributed by atoms with Crippen molar-refractivity contribution in [1.29, 1.82) is 0 Å². The van der Waals surface area contributed by atoms with Crippen LogP contribution in [0.25, 0.3) is 0 Å². The molecule has 0 aromatic heterocycles. The number of rotatable bonds is 3. The predicted molar refractivity (Wildman–Crippen MR) is 63.4 cm³/mol. The van der Waals surface area contributed by atoms with Gasteiger partial charge >= 0.3 is 0 Å². The summed E-state index contributed by atoms with van der Waals surface area (Å²) in [5.41, 5.74) is -0.0808. The first-order valence-corrected chi connectivity index (χ1v) is 5.70. The lowest BCUT2D eigenvalue weighted by molar-refractivity contribution is -0.0335. The maximum atomic E-state index is 10.5. The van der Waals surface area contributed by atoms with Crippen LogP contribution in [0.15, 0.2) is 0 Å². The van der Waals surface area contributed by atoms with Gasteiger partial charge in [-0.3, -0.25) is 0 Å². The lowest BCUT2D eigenvalue weighted by Crippen LogP contribution is -2.36. The first-order valence-electron chi connectivity index (χ1n) is 5.70. The largest absolute Gasteiger partial charge is 0.390 e. The lowest BCUT2D eigenvalue weighted by atomic mass is 9.73. The maximum Gasteiger partial charge on any atom is 0.0655 e. The molecule has 0 atom stereocenters. The van der Waals surface area contributed by atoms with Crippen LogP contribution in [0.2, 0.25) is 0 Å². The number of hydrogen-bond acceptors (Lipinski definition) is 1. The smallest absolute Gasteiger partial charge is 0.0655 e. The Kier molecular flexibility index (Phi) is 4.21. The molecule has 0 aliphatic rings. The molecular weight excluding hydrogens is 172 g/mol. The molecule has 0 saturated carbocycles. The second-order valence-electron chi connectivity index (χ2n) is 7.05. The molecule has 0 saturated heterocycles. The van der Waals surface area contributed by atoms with Crippen molar-refractivity contribution >= 4 is 0 Å². The zero-order valence-corrected chi connectivity index (χ0v) is 11.1. The fraction of sp³-hybridized carbons (Fsp3) is 1.00. The van der Waals surface area contributed by atoms with E-state index in [1.165, 1.54) is 0 Å². The highest BCUT2D eigenvalue weighted by Gasteiger charge is 2.34. The molecule has 0 unspecified atom stereocenters. The van der Waals surface area contributed by atoms with Crippen molar-refractivity contribution in [3.05, 3.63) is 0 Å². The summed E-state index contributed by atoms with van der Waals surface area (Å²) in [6, 6.07) is 0. The standard InChI is InChI=1S/C13H28O/c1-8-13(14,9-11(2,3)4)10-12(5,6)7/h14H,8-10H2,1-7H3. The van der Waals surface area contributed by atoms with E-state index in [1.54, 1.807) is 0 Å². The third kappa shape index (κ3) is 6.42. The van der Waals surface area contributed by atoms with Gasteiger partial charge < -0.3 is 5.11 Å². The van der Waals surface area contributed by atoms with E-state index in [-0.39, 0.29) is 10.8 Å². The molecule has 0 aliphatic heterocycles. The van der Waals surface area contributed by atoms with Crippen LogP contribution in [0.3, 0.4) is 0 Å². The Hall–Kier alpha value is -0.0400. The van der Waals surface area contributed by atoms with Gasteiger partial charge in [-0.15, -0.1) is 0 Å². The second kappa shape index (κ2) is 4.22. The van der Waals surface area contributed by atoms with Crippen LogP contribution in [0.1, 0.15) is 67.7 Å². The molecule has 14 heavy (non-hydrogen) atoms. The molecule has 0 bridgehead atoms. The van der Waals surface area contributed by atoms with Gasteiger partial charge in [0, 0.05) is 0 Å². The topological polar surface area (TPSA) is 20.2 Å². The van der Waals surface area contributed by atoms with Gasteiger partial charge in [0.15, 0.2) is 0 Å². The van der Waals surface area contributed by atoms with E-state index in [0.29, 0.717) is 0 Å². The van der Waals surface area contributed by atoms with E-state index >= 15 is 0 Å². The highest BCUT2D eigenvalue weighted by atomic mass is 16.3. The summed E-state index contributed by atoms with van der Waals surface area (Å²) < 4.78 is 0. The zero-order chi connectivity index (χ0) is 11.6. The van der Waals surface area contributed by atoms with Crippen LogP contribution < -0.4 is 0 Å². The molecule has 86 valence electrons. The summed E-state index contributed by atoms with van der Waals surface area (Å²) in [7, 11) is 0. The van der Waals surface area contributed by atoms with Gasteiger partial charge in [0.1, 0.15) is 0 Å². The lowest BCUT2D eigenvalue weighted by Gasteiger charge is -2.38. The number of aliphatic hydroxyl groups is 1. The summed E-state index contributed by atoms with van der Waals surface area (Å²) in [4.78, 5) is 0. The third-order valence-corrected chi connectivity index (χ3v) is 2.38. The molecule has 1 nitrogen and oxygen atoms in total. The van der Waals surface area contributed by atoms with Crippen molar-refractivity contribution < 1.29 is 5.11 Å². The summed E-state index contributed by atoms with van der Waals surface area (Å²) in [6.45, 7) is 15.2. The second-order valence-corrected chi connectivity index (χ2v) is 7.05. The van der Waals surface area contributed by atoms with Gasteiger partial charge in [0.2, 0.25) is 0 Å². The summed E-state index contributed by atoms with van der Waals surface area (Å²) >= 11 is 0. The molecular formula is C13H28O. The Morgan fingerprint density at radius 2 is 1.07 bits per heavy atom. The van der Waals surface area contributed by atoms with E-state index < -0.39 is 5.60 Å². The van der Waals surface area contributed by atoms with Crippen molar-refractivity contribution in [3.8, 4) is 0 Å². The first kappa shape index (κ1) is 14.0. The van der Waals surface area contributed by atoms with Crippen LogP contribution in [-0.2, 0) is 0 Å². The van der Waals surface area contributed by atoms with Crippen molar-refractivity contribution in [1.82, 2.24) is 0 Å². The minimum absolute atomic E-state index is 0.204. The van der Waals surface area contributed by atoms with Gasteiger partial charge in [0.25, 0.3) is 0 Å². The van der Waals surface area contributed by atoms with Crippen molar-refractivity contribution in [2.45, 2.75) is 73.3 Å². The Balaban J connectivity index is 4.49. The molecule has 0 fully saturated rings. The van der Waals surface area contributed by atoms with E-state index in [0.717, 1.165) is 19.3 Å². The summed E-state index contributed by atoms with van der Waals surface area (Å²) in [5, 5.41) is 10.5. The summed E-state index contributed by atoms with van der Waals surface area (Å²) in [5.74, 6) is 0. The first-order chi connectivity index (χ1) is 5.97. The molecule has 1 N–H and O–H groups in total. The van der Waals surface area contributed by atoms with E-state index in [2.05, 4.69) is 48.5 Å². The molecule has 0 aliphatic carbocycles. The molecule has 0 amide bonds. The van der Waals surface area contributed by atoms with Crippen LogP contribution in [0.4, 0.5) is 0 Å². The van der Waals surface area contributed by atoms with Crippen LogP contribution in [-0.4, -0.2) is 10.7 Å². The van der Waals surface area contributed by atoms with Gasteiger partial charge in [-0.25, -0.2) is 0 Å². The van der Waals surface area contributed by atoms with E-state index in [4.69, 9.17) is 0 Å². The molecule has 0 rings (SSSR count). The quantitative estimate of drug-likeness (QED) is 0.730. The monoisotopic (exact) mass is 200 g/mol. The van der Waals surface area contributed by atoms with Gasteiger partial charge in [0.05, 0.1) is 5.60 Å². The molecule has 1 heteroatoms. The Morgan fingerprint density at radius 1 is 0.786 bits per heavy atom. The average molecular weight is 200 g/mol. The van der Waals surface area contributed by atoms with E-state index in [1.807, 2.05) is 0 Å². The molecule has 0 radical (unpaired) electrons. The van der Waals surface area contributed by atoms with Crippen molar-refractivity contribution in [2.75, 3.05) is 0 Å². The maximum absolute atomic E-state index is 10.5. The minimum Gasteiger partial charge on any atom is -0.390 e. The van der Waals surface area contributed by atoms with Crippen LogP contribution in [0.5, 0.6) is 0 Å². The van der Waals surface area contributed by atoms with Crippen molar-refractivity contribution in [2.24, 2.45) is 10.8 Å². The molecule has 0 aromatic rings. The Labute approximate surface area is 89.9 Å². The van der Waals surface area contributed by atoms with Crippen LogP contribution in [0, 0.1) is 10.8 Å². The van der Waals surface area contributed by atoms with Gasteiger partial charge in [-0.05, 0) is 30.1 Å². The highest BCUT2D eigenvalue weighted by Crippen LogP contribution is 2.37. The van der Waals surface area contributed by atoms with Crippen LogP contribution >= 0.6 is 0 Å². The molecule has 0 aromatic carbocycles. The predicted octanol–water partition coefficient (Wildman–Crippen LogP) is 4.00. The van der Waals surface area contributed by atoms with Gasteiger partial charge in [-0.1, -0.05) is 48.5 Å². The third-order valence-electron chi connectivity index (χ3n) is 2.38. The minimum atomic E-state index is -0.490. The highest BCUT2D eigenvalue weighted by molar-refractivity contribution is 4.86. The molecule has 0 spiro atoms. The average Bonchev–Trinajstić information content (AvgIpc) is 1.78. The van der Waals surface area contributed by atoms with Gasteiger partial charge in [-0.2, -0.15) is 0 Å². The fourth-order valence-corrected chi connectivity index (χ4v) is 2.29. The molecule has 0 heterocycles. The summed E-state index contributed by atoms with van der Waals surface area (Å²) in [6.07, 6.45) is 2.61. The SMILES string of the molecule is CCC(O)(CC(C)(C)C)CC(C)(C)C. The normalized spacial score (nSPS) is 14.6. The number of hydrogen-bond donors (Lipinski definition) is 1. The Morgan fingerprint density at radius 3 is 1.21 bits per heavy atom. The van der Waals surface area contributed by atoms with Crippen molar-refractivity contribution in [3.63, 3.8) is 0 Å². The zero-order valence-electron chi connectivity index (χ0n) is 11.1. The van der Waals surface area contributed by atoms with E-state index in [9.17, 15) is 5.11 Å². The Bertz CT molecular complexity index is 153.